The molecule has 0 bridgehead atoms. The van der Waals surface area contributed by atoms with Crippen molar-refractivity contribution in [3.05, 3.63) is 47.1 Å². The summed E-state index contributed by atoms with van der Waals surface area (Å²) in [6.07, 6.45) is 17.6. The highest BCUT2D eigenvalue weighted by atomic mass is 28.2. The van der Waals surface area contributed by atoms with Crippen molar-refractivity contribution in [1.29, 1.82) is 0 Å². The van der Waals surface area contributed by atoms with Crippen LogP contribution in [0.2, 0.25) is 13.1 Å². The van der Waals surface area contributed by atoms with Crippen LogP contribution in [0.4, 0.5) is 0 Å². The summed E-state index contributed by atoms with van der Waals surface area (Å²) in [5, 5.41) is 1.48. The predicted octanol–water partition coefficient (Wildman–Crippen LogP) is 4.24. The topological polar surface area (TPSA) is 0 Å². The molecular weight excluding hydrogens is 220 g/mol. The lowest BCUT2D eigenvalue weighted by Gasteiger charge is -2.08. The third kappa shape index (κ3) is 2.84. The van der Waals surface area contributed by atoms with Gasteiger partial charge in [-0.3, -0.25) is 0 Å². The summed E-state index contributed by atoms with van der Waals surface area (Å²) in [5.74, 6) is 0. The van der Waals surface area contributed by atoms with E-state index in [2.05, 4.69) is 50.4 Å². The molecule has 0 nitrogen and oxygen atoms in total. The van der Waals surface area contributed by atoms with Crippen LogP contribution in [0.15, 0.2) is 41.0 Å². The average molecular weight is 241 g/mol. The maximum absolute atomic E-state index is 3.67. The van der Waals surface area contributed by atoms with E-state index >= 15 is 0 Å². The summed E-state index contributed by atoms with van der Waals surface area (Å²) >= 11 is 0. The second-order valence-corrected chi connectivity index (χ2v) is 7.55. The molecule has 2 aliphatic rings. The monoisotopic (exact) mass is 241 g/mol. The summed E-state index contributed by atoms with van der Waals surface area (Å²) in [5.41, 5.74) is 4.40. The molecule has 2 aliphatic carbocycles. The molecule has 0 aromatic heterocycles. The molecule has 17 heavy (non-hydrogen) atoms. The minimum atomic E-state index is -0.370. The van der Waals surface area contributed by atoms with Gasteiger partial charge in [-0.05, 0) is 47.2 Å². The van der Waals surface area contributed by atoms with E-state index < -0.39 is 0 Å². The van der Waals surface area contributed by atoms with E-state index in [-0.39, 0.29) is 8.41 Å². The van der Waals surface area contributed by atoms with E-state index in [0.29, 0.717) is 0 Å². The molecular formula is C16H21Si. The molecule has 0 unspecified atom stereocenters. The van der Waals surface area contributed by atoms with E-state index in [1.54, 1.807) is 0 Å². The highest BCUT2D eigenvalue weighted by Crippen LogP contribution is 2.32. The van der Waals surface area contributed by atoms with Gasteiger partial charge in [-0.2, -0.15) is 0 Å². The number of unbranched alkanes of at least 4 members (excludes halogenated alkanes) is 1. The maximum Gasteiger partial charge on any atom is 0.0136 e. The Bertz CT molecular complexity index is 452. The highest BCUT2D eigenvalue weighted by Gasteiger charge is 2.17. The van der Waals surface area contributed by atoms with Gasteiger partial charge in [-0.15, -0.1) is 0 Å². The number of allylic oxidation sites excluding steroid dienone is 8. The van der Waals surface area contributed by atoms with Crippen molar-refractivity contribution >= 4 is 13.6 Å². The molecule has 0 heterocycles. The summed E-state index contributed by atoms with van der Waals surface area (Å²) < 4.78 is 0. The standard InChI is InChI=1S/C16H21Si/c1-4-5-8-14-11-15(17(2)3)12-16(14)13-9-6-7-10-13/h6-7,9,11H,4-5,8,10H2,1-3H3. The number of hydrogen-bond donors (Lipinski definition) is 0. The Balaban J connectivity index is 2.25. The fourth-order valence-electron chi connectivity index (χ4n) is 2.25. The molecule has 0 spiro atoms. The van der Waals surface area contributed by atoms with E-state index in [0.717, 1.165) is 6.42 Å². The molecule has 0 aliphatic heterocycles. The molecule has 89 valence electrons. The first kappa shape index (κ1) is 12.5. The van der Waals surface area contributed by atoms with Gasteiger partial charge in [0, 0.05) is 8.41 Å². The van der Waals surface area contributed by atoms with Gasteiger partial charge in [0.15, 0.2) is 0 Å². The quantitative estimate of drug-likeness (QED) is 0.646. The number of hydrogen-bond acceptors (Lipinski definition) is 0. The molecule has 0 saturated carbocycles. The van der Waals surface area contributed by atoms with Crippen LogP contribution in [-0.2, 0) is 0 Å². The van der Waals surface area contributed by atoms with Crippen molar-refractivity contribution in [3.8, 4) is 0 Å². The minimum absolute atomic E-state index is 0.370. The fraction of sp³-hybridized carbons (Fsp3) is 0.438. The first-order valence-electron chi connectivity index (χ1n) is 6.61. The van der Waals surface area contributed by atoms with Crippen LogP contribution in [-0.4, -0.2) is 13.6 Å². The second-order valence-electron chi connectivity index (χ2n) is 5.01. The summed E-state index contributed by atoms with van der Waals surface area (Å²) in [6.45, 7) is 6.97. The van der Waals surface area contributed by atoms with Crippen LogP contribution in [0.1, 0.15) is 32.6 Å². The Morgan fingerprint density at radius 2 is 2.18 bits per heavy atom. The first-order chi connectivity index (χ1) is 8.22. The van der Waals surface area contributed by atoms with E-state index in [1.807, 2.05) is 0 Å². The molecule has 1 heteroatoms. The predicted molar refractivity (Wildman–Crippen MR) is 78.7 cm³/mol. The van der Waals surface area contributed by atoms with Crippen LogP contribution in [0.25, 0.3) is 0 Å². The lowest BCUT2D eigenvalue weighted by atomic mass is 9.96. The van der Waals surface area contributed by atoms with Gasteiger partial charge in [0.05, 0.1) is 0 Å². The normalized spacial score (nSPS) is 18.3. The molecule has 0 amide bonds. The third-order valence-electron chi connectivity index (χ3n) is 3.33. The number of rotatable bonds is 4. The Morgan fingerprint density at radius 1 is 1.35 bits per heavy atom. The van der Waals surface area contributed by atoms with E-state index in [4.69, 9.17) is 0 Å². The van der Waals surface area contributed by atoms with Crippen LogP contribution >= 0.6 is 0 Å². The molecule has 2 rings (SSSR count). The Hall–Kier alpha value is -0.953. The van der Waals surface area contributed by atoms with Crippen molar-refractivity contribution in [3.63, 3.8) is 0 Å². The largest absolute Gasteiger partial charge is 0.0801 e. The zero-order chi connectivity index (χ0) is 12.3. The molecule has 0 N–H and O–H groups in total. The smallest absolute Gasteiger partial charge is 0.0136 e. The van der Waals surface area contributed by atoms with Crippen LogP contribution in [0.3, 0.4) is 0 Å². The van der Waals surface area contributed by atoms with Gasteiger partial charge in [0.25, 0.3) is 0 Å². The van der Waals surface area contributed by atoms with Gasteiger partial charge in [-0.25, -0.2) is 0 Å². The van der Waals surface area contributed by atoms with E-state index in [9.17, 15) is 0 Å². The van der Waals surface area contributed by atoms with Gasteiger partial charge in [0.1, 0.15) is 0 Å². The molecule has 0 aromatic rings. The lowest BCUT2D eigenvalue weighted by molar-refractivity contribution is 0.793. The summed E-state index contributed by atoms with van der Waals surface area (Å²) in [4.78, 5) is 0. The van der Waals surface area contributed by atoms with E-state index in [1.165, 1.54) is 41.2 Å². The zero-order valence-electron chi connectivity index (χ0n) is 11.1. The third-order valence-corrected chi connectivity index (χ3v) is 4.68. The molecule has 0 atom stereocenters. The van der Waals surface area contributed by atoms with Gasteiger partial charge < -0.3 is 0 Å². The Morgan fingerprint density at radius 3 is 2.76 bits per heavy atom. The average Bonchev–Trinajstić information content (AvgIpc) is 2.94. The summed E-state index contributed by atoms with van der Waals surface area (Å²) in [7, 11) is -0.370. The van der Waals surface area contributed by atoms with Crippen molar-refractivity contribution in [1.82, 2.24) is 0 Å². The SMILES string of the molecule is CCCCC1=CC(=[Si](C)C)[C]=C1C1=CC=CC1. The van der Waals surface area contributed by atoms with Crippen LogP contribution in [0, 0.1) is 6.08 Å². The fourth-order valence-corrected chi connectivity index (χ4v) is 3.09. The van der Waals surface area contributed by atoms with Crippen molar-refractivity contribution < 1.29 is 0 Å². The molecule has 1 radical (unpaired) electrons. The minimum Gasteiger partial charge on any atom is -0.0801 e. The molecule has 0 saturated heterocycles. The van der Waals surface area contributed by atoms with Crippen molar-refractivity contribution in [2.45, 2.75) is 45.7 Å². The maximum atomic E-state index is 3.67. The van der Waals surface area contributed by atoms with Crippen molar-refractivity contribution in [2.75, 3.05) is 0 Å². The molecule has 0 aromatic carbocycles. The first-order valence-corrected chi connectivity index (χ1v) is 9.11. The Kier molecular flexibility index (Phi) is 4.11. The summed E-state index contributed by atoms with van der Waals surface area (Å²) in [6, 6.07) is 0. The van der Waals surface area contributed by atoms with Gasteiger partial charge in [0.2, 0.25) is 0 Å². The van der Waals surface area contributed by atoms with Crippen LogP contribution in [0.5, 0.6) is 0 Å². The zero-order valence-corrected chi connectivity index (χ0v) is 12.1. The Labute approximate surface area is 107 Å². The van der Waals surface area contributed by atoms with Gasteiger partial charge in [-0.1, -0.05) is 50.7 Å². The molecule has 0 fully saturated rings. The van der Waals surface area contributed by atoms with Crippen molar-refractivity contribution in [2.24, 2.45) is 0 Å². The van der Waals surface area contributed by atoms with Crippen LogP contribution < -0.4 is 0 Å². The highest BCUT2D eigenvalue weighted by molar-refractivity contribution is 6.72. The van der Waals surface area contributed by atoms with Gasteiger partial charge >= 0.3 is 0 Å². The lowest BCUT2D eigenvalue weighted by Crippen LogP contribution is -2.01. The second kappa shape index (κ2) is 5.59.